The number of amides is 1. The van der Waals surface area contributed by atoms with Crippen LogP contribution in [0.4, 0.5) is 4.39 Å². The molecule has 168 valence electrons. The maximum atomic E-state index is 14.0. The second-order valence-corrected chi connectivity index (χ2v) is 9.92. The molecule has 0 aliphatic heterocycles. The van der Waals surface area contributed by atoms with Crippen molar-refractivity contribution in [3.63, 3.8) is 0 Å². The lowest BCUT2D eigenvalue weighted by molar-refractivity contribution is -0.130. The van der Waals surface area contributed by atoms with Gasteiger partial charge in [0.05, 0.1) is 11.6 Å². The highest BCUT2D eigenvalue weighted by molar-refractivity contribution is 7.89. The Labute approximate surface area is 197 Å². The normalized spacial score (nSPS) is 11.5. The van der Waals surface area contributed by atoms with E-state index in [-0.39, 0.29) is 28.0 Å². The van der Waals surface area contributed by atoms with Gasteiger partial charge >= 0.3 is 0 Å². The molecule has 0 aliphatic carbocycles. The molecule has 3 rings (SSSR count). The third-order valence-corrected chi connectivity index (χ3v) is 7.32. The Morgan fingerprint density at radius 2 is 1.59 bits per heavy atom. The van der Waals surface area contributed by atoms with Crippen LogP contribution in [-0.4, -0.2) is 37.1 Å². The predicted molar refractivity (Wildman–Crippen MR) is 123 cm³/mol. The van der Waals surface area contributed by atoms with Crippen LogP contribution in [0.5, 0.6) is 0 Å². The van der Waals surface area contributed by atoms with Gasteiger partial charge in [0.25, 0.3) is 0 Å². The topological polar surface area (TPSA) is 57.7 Å². The number of nitrogens with zero attached hydrogens (tertiary/aromatic N) is 2. The monoisotopic (exact) mass is 494 g/mol. The summed E-state index contributed by atoms with van der Waals surface area (Å²) in [6.45, 7) is -0.501. The predicted octanol–water partition coefficient (Wildman–Crippen LogP) is 4.98. The van der Waals surface area contributed by atoms with Crippen LogP contribution in [0.3, 0.4) is 0 Å². The van der Waals surface area contributed by atoms with Gasteiger partial charge in [-0.2, -0.15) is 4.31 Å². The Kier molecular flexibility index (Phi) is 7.90. The lowest BCUT2D eigenvalue weighted by atomic mass is 10.2. The molecule has 0 aromatic heterocycles. The number of halogens is 3. The first-order valence-electron chi connectivity index (χ1n) is 9.65. The maximum absolute atomic E-state index is 14.0. The van der Waals surface area contributed by atoms with Crippen molar-refractivity contribution >= 4 is 39.1 Å². The maximum Gasteiger partial charge on any atom is 0.245 e. The average Bonchev–Trinajstić information content (AvgIpc) is 2.77. The number of likely N-dealkylation sites (N-methyl/N-ethyl adjacent to an activating group) is 1. The van der Waals surface area contributed by atoms with Crippen LogP contribution in [0, 0.1) is 5.82 Å². The van der Waals surface area contributed by atoms with E-state index in [1.807, 2.05) is 6.07 Å². The van der Waals surface area contributed by atoms with Gasteiger partial charge < -0.3 is 4.90 Å². The van der Waals surface area contributed by atoms with E-state index >= 15 is 0 Å². The molecule has 0 fully saturated rings. The molecule has 0 aliphatic rings. The molecule has 0 atom stereocenters. The summed E-state index contributed by atoms with van der Waals surface area (Å²) in [5, 5.41) is 0.204. The lowest BCUT2D eigenvalue weighted by Gasteiger charge is -2.25. The van der Waals surface area contributed by atoms with E-state index in [9.17, 15) is 17.6 Å². The summed E-state index contributed by atoms with van der Waals surface area (Å²) >= 11 is 12.1. The molecule has 0 bridgehead atoms. The zero-order chi connectivity index (χ0) is 23.3. The number of sulfonamides is 1. The zero-order valence-corrected chi connectivity index (χ0v) is 19.5. The minimum atomic E-state index is -4.17. The van der Waals surface area contributed by atoms with Crippen LogP contribution in [0.1, 0.15) is 11.1 Å². The van der Waals surface area contributed by atoms with Crippen molar-refractivity contribution in [1.82, 2.24) is 9.21 Å². The quantitative estimate of drug-likeness (QED) is 0.443. The van der Waals surface area contributed by atoms with Gasteiger partial charge in [-0.15, -0.1) is 0 Å². The van der Waals surface area contributed by atoms with Crippen molar-refractivity contribution in [3.05, 3.63) is 99.8 Å². The zero-order valence-electron chi connectivity index (χ0n) is 17.2. The molecule has 0 saturated carbocycles. The molecule has 0 spiro atoms. The Morgan fingerprint density at radius 1 is 0.938 bits per heavy atom. The van der Waals surface area contributed by atoms with E-state index in [0.717, 1.165) is 4.31 Å². The first-order chi connectivity index (χ1) is 15.2. The molecule has 32 heavy (non-hydrogen) atoms. The smallest absolute Gasteiger partial charge is 0.245 e. The molecular formula is C23H21Cl2FN2O3S. The Hall–Kier alpha value is -2.45. The minimum absolute atomic E-state index is 0.000350. The molecule has 5 nitrogen and oxygen atoms in total. The number of hydrogen-bond acceptors (Lipinski definition) is 3. The van der Waals surface area contributed by atoms with E-state index in [1.165, 1.54) is 36.2 Å². The number of benzene rings is 3. The van der Waals surface area contributed by atoms with Gasteiger partial charge in [-0.05, 0) is 29.8 Å². The van der Waals surface area contributed by atoms with Crippen molar-refractivity contribution in [3.8, 4) is 0 Å². The van der Waals surface area contributed by atoms with Gasteiger partial charge in [0, 0.05) is 30.7 Å². The van der Waals surface area contributed by atoms with Crippen molar-refractivity contribution < 1.29 is 17.6 Å². The van der Waals surface area contributed by atoms with Gasteiger partial charge in [-0.1, -0.05) is 71.7 Å². The standard InChI is InChI=1S/C23H21Cl2FN2O3S/c1-27(15-18-9-5-6-10-21(18)26)23(29)16-28(14-17-7-3-2-4-8-17)32(30,31)22-13-19(24)11-12-20(22)25/h2-13H,14-16H2,1H3. The summed E-state index contributed by atoms with van der Waals surface area (Å²) in [6.07, 6.45) is 0. The molecule has 1 amide bonds. The van der Waals surface area contributed by atoms with Gasteiger partial charge in [0.1, 0.15) is 10.7 Å². The fraction of sp³-hybridized carbons (Fsp3) is 0.174. The highest BCUT2D eigenvalue weighted by Crippen LogP contribution is 2.28. The summed E-state index contributed by atoms with van der Waals surface area (Å²) in [4.78, 5) is 14.0. The number of carbonyl (C=O) groups excluding carboxylic acids is 1. The molecule has 0 saturated heterocycles. The van der Waals surface area contributed by atoms with Gasteiger partial charge in [0.2, 0.25) is 15.9 Å². The van der Waals surface area contributed by atoms with Gasteiger partial charge in [0.15, 0.2) is 0 Å². The molecule has 0 heterocycles. The van der Waals surface area contributed by atoms with Crippen molar-refractivity contribution in [2.24, 2.45) is 0 Å². The molecule has 9 heteroatoms. The molecule has 3 aromatic carbocycles. The first-order valence-corrected chi connectivity index (χ1v) is 11.8. The second kappa shape index (κ2) is 10.4. The highest BCUT2D eigenvalue weighted by atomic mass is 35.5. The summed E-state index contributed by atoms with van der Waals surface area (Å²) in [6, 6.07) is 19.1. The number of hydrogen-bond donors (Lipinski definition) is 0. The first kappa shape index (κ1) is 24.2. The fourth-order valence-electron chi connectivity index (χ4n) is 3.07. The summed E-state index contributed by atoms with van der Waals surface area (Å²) in [5.74, 6) is -0.933. The van der Waals surface area contributed by atoms with Crippen molar-refractivity contribution in [2.45, 2.75) is 18.0 Å². The summed E-state index contributed by atoms with van der Waals surface area (Å²) in [5.41, 5.74) is 1.03. The molecule has 0 radical (unpaired) electrons. The molecule has 0 unspecified atom stereocenters. The van der Waals surface area contributed by atoms with Crippen LogP contribution in [0.15, 0.2) is 77.7 Å². The largest absolute Gasteiger partial charge is 0.340 e. The third-order valence-electron chi connectivity index (χ3n) is 4.82. The Bertz CT molecular complexity index is 1210. The van der Waals surface area contributed by atoms with E-state index < -0.39 is 28.3 Å². The van der Waals surface area contributed by atoms with Crippen LogP contribution in [0.25, 0.3) is 0 Å². The third kappa shape index (κ3) is 5.86. The van der Waals surface area contributed by atoms with Crippen molar-refractivity contribution in [2.75, 3.05) is 13.6 Å². The summed E-state index contributed by atoms with van der Waals surface area (Å²) in [7, 11) is -2.67. The van der Waals surface area contributed by atoms with Gasteiger partial charge in [-0.3, -0.25) is 4.79 Å². The summed E-state index contributed by atoms with van der Waals surface area (Å²) < 4.78 is 41.9. The van der Waals surface area contributed by atoms with E-state index in [1.54, 1.807) is 42.5 Å². The molecular weight excluding hydrogens is 474 g/mol. The molecule has 0 N–H and O–H groups in total. The van der Waals surface area contributed by atoms with Crippen molar-refractivity contribution in [1.29, 1.82) is 0 Å². The lowest BCUT2D eigenvalue weighted by Crippen LogP contribution is -2.41. The average molecular weight is 495 g/mol. The highest BCUT2D eigenvalue weighted by Gasteiger charge is 2.30. The number of carbonyl (C=O) groups is 1. The van der Waals surface area contributed by atoms with Crippen LogP contribution in [-0.2, 0) is 27.9 Å². The fourth-order valence-corrected chi connectivity index (χ4v) is 5.18. The SMILES string of the molecule is CN(Cc1ccccc1F)C(=O)CN(Cc1ccccc1)S(=O)(=O)c1cc(Cl)ccc1Cl. The van der Waals surface area contributed by atoms with Crippen LogP contribution >= 0.6 is 23.2 Å². The van der Waals surface area contributed by atoms with Crippen LogP contribution in [0.2, 0.25) is 10.0 Å². The van der Waals surface area contributed by atoms with Gasteiger partial charge in [-0.25, -0.2) is 12.8 Å². The molecule has 3 aromatic rings. The van der Waals surface area contributed by atoms with E-state index in [2.05, 4.69) is 0 Å². The minimum Gasteiger partial charge on any atom is -0.340 e. The Balaban J connectivity index is 1.90. The second-order valence-electron chi connectivity index (χ2n) is 7.17. The van der Waals surface area contributed by atoms with Crippen LogP contribution < -0.4 is 0 Å². The Morgan fingerprint density at radius 3 is 2.28 bits per heavy atom. The number of rotatable bonds is 8. The van der Waals surface area contributed by atoms with E-state index in [4.69, 9.17) is 23.2 Å². The van der Waals surface area contributed by atoms with E-state index in [0.29, 0.717) is 11.1 Å².